The summed E-state index contributed by atoms with van der Waals surface area (Å²) in [5.41, 5.74) is 3.28. The van der Waals surface area contributed by atoms with Crippen molar-refractivity contribution >= 4 is 11.6 Å². The lowest BCUT2D eigenvalue weighted by Gasteiger charge is -2.08. The van der Waals surface area contributed by atoms with E-state index in [0.29, 0.717) is 18.8 Å². The van der Waals surface area contributed by atoms with E-state index in [2.05, 4.69) is 20.6 Å². The number of nitrogens with one attached hydrogen (secondary N) is 2. The molecular weight excluding hydrogens is 340 g/mol. The molecule has 6 heteroatoms. The van der Waals surface area contributed by atoms with Crippen molar-refractivity contribution in [1.29, 1.82) is 0 Å². The van der Waals surface area contributed by atoms with Gasteiger partial charge in [0.1, 0.15) is 11.4 Å². The Kier molecular flexibility index (Phi) is 6.35. The summed E-state index contributed by atoms with van der Waals surface area (Å²) in [5, 5.41) is 6.12. The summed E-state index contributed by atoms with van der Waals surface area (Å²) in [6, 6.07) is 17.1. The fourth-order valence-electron chi connectivity index (χ4n) is 2.57. The van der Waals surface area contributed by atoms with Crippen LogP contribution in [-0.2, 0) is 13.0 Å². The molecule has 3 rings (SSSR count). The molecule has 0 aliphatic rings. The molecule has 3 aromatic rings. The van der Waals surface area contributed by atoms with Crippen LogP contribution in [0.5, 0.6) is 5.75 Å². The number of aromatic nitrogens is 2. The normalized spacial score (nSPS) is 10.3. The smallest absolute Gasteiger partial charge is 0.269 e. The highest BCUT2D eigenvalue weighted by molar-refractivity contribution is 5.92. The standard InChI is InChI=1S/C21H22N4O2/c1-27-19-7-4-5-16(13-19)10-12-23-21(26)20-9-8-18(15-25-20)24-14-17-6-2-3-11-22-17/h2-9,11,13,15,24H,10,12,14H2,1H3,(H,23,26). The van der Waals surface area contributed by atoms with Crippen LogP contribution in [0.1, 0.15) is 21.7 Å². The molecule has 0 spiro atoms. The van der Waals surface area contributed by atoms with E-state index in [1.165, 1.54) is 0 Å². The first kappa shape index (κ1) is 18.4. The van der Waals surface area contributed by atoms with Crippen LogP contribution in [0.3, 0.4) is 0 Å². The molecule has 0 atom stereocenters. The van der Waals surface area contributed by atoms with Crippen molar-refractivity contribution in [2.75, 3.05) is 19.0 Å². The average molecular weight is 362 g/mol. The molecule has 0 aliphatic carbocycles. The van der Waals surface area contributed by atoms with Crippen molar-refractivity contribution < 1.29 is 9.53 Å². The fraction of sp³-hybridized carbons (Fsp3) is 0.190. The SMILES string of the molecule is COc1cccc(CCNC(=O)c2ccc(NCc3ccccn3)cn2)c1. The molecule has 0 radical (unpaired) electrons. The number of pyridine rings is 2. The third kappa shape index (κ3) is 5.54. The second-order valence-corrected chi connectivity index (χ2v) is 5.96. The van der Waals surface area contributed by atoms with Gasteiger partial charge in [0.15, 0.2) is 0 Å². The lowest BCUT2D eigenvalue weighted by atomic mass is 10.1. The zero-order valence-electron chi connectivity index (χ0n) is 15.2. The Morgan fingerprint density at radius 1 is 1.07 bits per heavy atom. The summed E-state index contributed by atoms with van der Waals surface area (Å²) < 4.78 is 5.20. The number of ether oxygens (including phenoxy) is 1. The van der Waals surface area contributed by atoms with Crippen molar-refractivity contribution in [2.24, 2.45) is 0 Å². The van der Waals surface area contributed by atoms with E-state index in [9.17, 15) is 4.79 Å². The van der Waals surface area contributed by atoms with E-state index in [1.54, 1.807) is 25.6 Å². The molecule has 2 heterocycles. The van der Waals surface area contributed by atoms with Crippen LogP contribution in [-0.4, -0.2) is 29.5 Å². The zero-order valence-corrected chi connectivity index (χ0v) is 15.2. The van der Waals surface area contributed by atoms with Crippen molar-refractivity contribution in [3.63, 3.8) is 0 Å². The van der Waals surface area contributed by atoms with Crippen molar-refractivity contribution in [2.45, 2.75) is 13.0 Å². The first-order chi connectivity index (χ1) is 13.2. The summed E-state index contributed by atoms with van der Waals surface area (Å²) in [6.07, 6.45) is 4.14. The number of methoxy groups -OCH3 is 1. The predicted molar refractivity (Wildman–Crippen MR) is 105 cm³/mol. The minimum Gasteiger partial charge on any atom is -0.497 e. The summed E-state index contributed by atoms with van der Waals surface area (Å²) in [5.74, 6) is 0.628. The predicted octanol–water partition coefficient (Wildman–Crippen LogP) is 3.07. The monoisotopic (exact) mass is 362 g/mol. The van der Waals surface area contributed by atoms with Gasteiger partial charge in [0.2, 0.25) is 0 Å². The van der Waals surface area contributed by atoms with E-state index < -0.39 is 0 Å². The Hall–Kier alpha value is -3.41. The first-order valence-electron chi connectivity index (χ1n) is 8.75. The summed E-state index contributed by atoms with van der Waals surface area (Å²) in [6.45, 7) is 1.14. The number of hydrogen-bond acceptors (Lipinski definition) is 5. The maximum Gasteiger partial charge on any atom is 0.269 e. The maximum atomic E-state index is 12.2. The van der Waals surface area contributed by atoms with Crippen LogP contribution < -0.4 is 15.4 Å². The van der Waals surface area contributed by atoms with E-state index in [-0.39, 0.29) is 5.91 Å². The minimum absolute atomic E-state index is 0.186. The Morgan fingerprint density at radius 2 is 2.00 bits per heavy atom. The zero-order chi connectivity index (χ0) is 18.9. The average Bonchev–Trinajstić information content (AvgIpc) is 2.73. The highest BCUT2D eigenvalue weighted by atomic mass is 16.5. The molecule has 1 amide bonds. The topological polar surface area (TPSA) is 76.1 Å². The van der Waals surface area contributed by atoms with Gasteiger partial charge in [-0.3, -0.25) is 9.78 Å². The maximum absolute atomic E-state index is 12.2. The van der Waals surface area contributed by atoms with Crippen LogP contribution >= 0.6 is 0 Å². The molecule has 27 heavy (non-hydrogen) atoms. The van der Waals surface area contributed by atoms with Gasteiger partial charge in [-0.2, -0.15) is 0 Å². The molecule has 0 saturated heterocycles. The van der Waals surface area contributed by atoms with Gasteiger partial charge in [0.25, 0.3) is 5.91 Å². The highest BCUT2D eigenvalue weighted by Crippen LogP contribution is 2.12. The number of rotatable bonds is 8. The van der Waals surface area contributed by atoms with E-state index >= 15 is 0 Å². The number of benzene rings is 1. The van der Waals surface area contributed by atoms with Gasteiger partial charge in [-0.15, -0.1) is 0 Å². The molecule has 138 valence electrons. The largest absolute Gasteiger partial charge is 0.497 e. The molecule has 0 unspecified atom stereocenters. The summed E-state index contributed by atoms with van der Waals surface area (Å²) in [4.78, 5) is 20.7. The quantitative estimate of drug-likeness (QED) is 0.644. The lowest BCUT2D eigenvalue weighted by Crippen LogP contribution is -2.26. The van der Waals surface area contributed by atoms with Gasteiger partial charge < -0.3 is 15.4 Å². The van der Waals surface area contributed by atoms with Gasteiger partial charge in [0.05, 0.1) is 31.2 Å². The van der Waals surface area contributed by atoms with Gasteiger partial charge in [-0.25, -0.2) is 4.98 Å². The molecule has 6 nitrogen and oxygen atoms in total. The van der Waals surface area contributed by atoms with Crippen LogP contribution in [0.25, 0.3) is 0 Å². The minimum atomic E-state index is -0.186. The Morgan fingerprint density at radius 3 is 2.74 bits per heavy atom. The third-order valence-electron chi connectivity index (χ3n) is 4.03. The van der Waals surface area contributed by atoms with Crippen molar-refractivity contribution in [3.8, 4) is 5.75 Å². The van der Waals surface area contributed by atoms with Gasteiger partial charge in [-0.1, -0.05) is 18.2 Å². The van der Waals surface area contributed by atoms with Gasteiger partial charge >= 0.3 is 0 Å². The Balaban J connectivity index is 1.47. The number of anilines is 1. The number of carbonyl (C=O) groups excluding carboxylic acids is 1. The van der Waals surface area contributed by atoms with Crippen LogP contribution in [0.2, 0.25) is 0 Å². The molecule has 1 aromatic carbocycles. The third-order valence-corrected chi connectivity index (χ3v) is 4.03. The second kappa shape index (κ2) is 9.33. The lowest BCUT2D eigenvalue weighted by molar-refractivity contribution is 0.0949. The molecule has 0 aliphatic heterocycles. The molecular formula is C21H22N4O2. The van der Waals surface area contributed by atoms with Crippen molar-refractivity contribution in [1.82, 2.24) is 15.3 Å². The molecule has 0 fully saturated rings. The summed E-state index contributed by atoms with van der Waals surface area (Å²) >= 11 is 0. The van der Waals surface area contributed by atoms with E-state index in [0.717, 1.165) is 29.1 Å². The number of hydrogen-bond donors (Lipinski definition) is 2. The Bertz CT molecular complexity index is 867. The van der Waals surface area contributed by atoms with Gasteiger partial charge in [-0.05, 0) is 48.4 Å². The van der Waals surface area contributed by atoms with E-state index in [1.807, 2.05) is 48.5 Å². The molecule has 0 bridgehead atoms. The Labute approximate surface area is 158 Å². The highest BCUT2D eigenvalue weighted by Gasteiger charge is 2.07. The number of nitrogens with zero attached hydrogens (tertiary/aromatic N) is 2. The molecule has 2 aromatic heterocycles. The second-order valence-electron chi connectivity index (χ2n) is 5.96. The van der Waals surface area contributed by atoms with Crippen LogP contribution in [0.15, 0.2) is 67.0 Å². The fourth-order valence-corrected chi connectivity index (χ4v) is 2.57. The number of amides is 1. The number of carbonyl (C=O) groups is 1. The van der Waals surface area contributed by atoms with Crippen LogP contribution in [0, 0.1) is 0 Å². The van der Waals surface area contributed by atoms with Crippen molar-refractivity contribution in [3.05, 3.63) is 83.9 Å². The first-order valence-corrected chi connectivity index (χ1v) is 8.75. The molecule has 0 saturated carbocycles. The van der Waals surface area contributed by atoms with E-state index in [4.69, 9.17) is 4.74 Å². The summed E-state index contributed by atoms with van der Waals surface area (Å²) in [7, 11) is 1.64. The van der Waals surface area contributed by atoms with Crippen LogP contribution in [0.4, 0.5) is 5.69 Å². The molecule has 2 N–H and O–H groups in total. The van der Waals surface area contributed by atoms with Gasteiger partial charge in [0, 0.05) is 12.7 Å².